The summed E-state index contributed by atoms with van der Waals surface area (Å²) >= 11 is 6.12. The van der Waals surface area contributed by atoms with Crippen molar-refractivity contribution in [2.45, 2.75) is 37.5 Å². The number of halogens is 1. The highest BCUT2D eigenvalue weighted by atomic mass is 35.5. The molecule has 0 radical (unpaired) electrons. The van der Waals surface area contributed by atoms with E-state index in [1.165, 1.54) is 0 Å². The van der Waals surface area contributed by atoms with Crippen LogP contribution in [0.2, 0.25) is 5.02 Å². The number of nitrogens with zero attached hydrogens (tertiary/aromatic N) is 2. The van der Waals surface area contributed by atoms with Gasteiger partial charge >= 0.3 is 0 Å². The van der Waals surface area contributed by atoms with Crippen molar-refractivity contribution < 1.29 is 13.2 Å². The number of piperazine rings is 1. The van der Waals surface area contributed by atoms with Gasteiger partial charge in [-0.15, -0.1) is 0 Å². The van der Waals surface area contributed by atoms with E-state index in [9.17, 15) is 13.2 Å². The number of aromatic amines is 1. The van der Waals surface area contributed by atoms with E-state index < -0.39 is 10.0 Å². The quantitative estimate of drug-likeness (QED) is 0.611. The zero-order chi connectivity index (χ0) is 22.5. The molecule has 8 heteroatoms. The van der Waals surface area contributed by atoms with Crippen molar-refractivity contribution in [1.82, 2.24) is 9.29 Å². The maximum atomic E-state index is 13.6. The van der Waals surface area contributed by atoms with Gasteiger partial charge in [0, 0.05) is 65.5 Å². The molecule has 0 atom stereocenters. The van der Waals surface area contributed by atoms with Gasteiger partial charge in [-0.2, -0.15) is 4.31 Å². The second-order valence-corrected chi connectivity index (χ2v) is 10.8. The van der Waals surface area contributed by atoms with Crippen LogP contribution >= 0.6 is 11.6 Å². The molecule has 1 aliphatic carbocycles. The predicted molar refractivity (Wildman–Crippen MR) is 127 cm³/mol. The van der Waals surface area contributed by atoms with E-state index in [4.69, 9.17) is 11.6 Å². The van der Waals surface area contributed by atoms with Gasteiger partial charge in [0.05, 0.1) is 4.90 Å². The predicted octanol–water partition coefficient (Wildman–Crippen LogP) is 4.41. The number of hydrogen-bond donors (Lipinski definition) is 1. The van der Waals surface area contributed by atoms with E-state index in [2.05, 4.69) is 9.88 Å². The molecule has 0 spiro atoms. The topological polar surface area (TPSA) is 73.5 Å². The first kappa shape index (κ1) is 21.5. The van der Waals surface area contributed by atoms with Crippen molar-refractivity contribution in [3.8, 4) is 0 Å². The minimum atomic E-state index is -3.65. The molecule has 32 heavy (non-hydrogen) atoms. The third kappa shape index (κ3) is 3.62. The van der Waals surface area contributed by atoms with Crippen molar-refractivity contribution in [3.05, 3.63) is 58.2 Å². The summed E-state index contributed by atoms with van der Waals surface area (Å²) in [5.74, 6) is 0.146. The van der Waals surface area contributed by atoms with Gasteiger partial charge < -0.3 is 9.88 Å². The molecular weight excluding hydrogens is 446 g/mol. The summed E-state index contributed by atoms with van der Waals surface area (Å²) in [6, 6.07) is 11.3. The van der Waals surface area contributed by atoms with Crippen molar-refractivity contribution in [3.63, 3.8) is 0 Å². The number of H-pyrrole nitrogens is 1. The van der Waals surface area contributed by atoms with E-state index in [1.54, 1.807) is 10.4 Å². The second-order valence-electron chi connectivity index (χ2n) is 8.49. The standard InChI is InChI=1S/C24H26ClN3O3S/c1-2-16-13-19-21(26-20-7-4-8-22(29)24(19)20)15-23(16)32(30,31)28-11-9-27(10-12-28)18-6-3-5-17(25)14-18/h3,5-6,13-15,26H,2,4,7-12H2,1H3. The first-order chi connectivity index (χ1) is 15.4. The van der Waals surface area contributed by atoms with Crippen LogP contribution in [0.25, 0.3) is 10.9 Å². The number of sulfonamides is 1. The van der Waals surface area contributed by atoms with E-state index in [0.717, 1.165) is 46.3 Å². The monoisotopic (exact) mass is 471 g/mol. The van der Waals surface area contributed by atoms with Crippen LogP contribution in [0.15, 0.2) is 41.3 Å². The molecule has 3 aromatic rings. The number of rotatable bonds is 4. The Bertz CT molecular complexity index is 1310. The number of benzene rings is 2. The summed E-state index contributed by atoms with van der Waals surface area (Å²) in [4.78, 5) is 18.3. The van der Waals surface area contributed by atoms with Crippen LogP contribution in [-0.4, -0.2) is 49.7 Å². The first-order valence-electron chi connectivity index (χ1n) is 11.1. The Hall–Kier alpha value is -2.35. The molecule has 0 bridgehead atoms. The van der Waals surface area contributed by atoms with Gasteiger partial charge in [0.15, 0.2) is 5.78 Å². The molecule has 6 nitrogen and oxygen atoms in total. The summed E-state index contributed by atoms with van der Waals surface area (Å²) in [7, 11) is -3.65. The largest absolute Gasteiger partial charge is 0.369 e. The highest BCUT2D eigenvalue weighted by Crippen LogP contribution is 2.34. The Labute approximate surface area is 193 Å². The van der Waals surface area contributed by atoms with Gasteiger partial charge in [-0.05, 0) is 55.2 Å². The number of anilines is 1. The number of carbonyl (C=O) groups is 1. The normalized spacial score (nSPS) is 17.7. The molecule has 2 aliphatic rings. The van der Waals surface area contributed by atoms with Crippen molar-refractivity contribution in [2.75, 3.05) is 31.1 Å². The lowest BCUT2D eigenvalue weighted by molar-refractivity contribution is 0.0974. The van der Waals surface area contributed by atoms with Crippen molar-refractivity contribution in [1.29, 1.82) is 0 Å². The van der Waals surface area contributed by atoms with E-state index in [-0.39, 0.29) is 5.78 Å². The van der Waals surface area contributed by atoms with E-state index in [0.29, 0.717) is 48.9 Å². The summed E-state index contributed by atoms with van der Waals surface area (Å²) in [6.07, 6.45) is 2.80. The maximum absolute atomic E-state index is 13.6. The fourth-order valence-electron chi connectivity index (χ4n) is 4.89. The molecule has 0 unspecified atom stereocenters. The molecule has 2 aromatic carbocycles. The minimum Gasteiger partial charge on any atom is -0.369 e. The lowest BCUT2D eigenvalue weighted by Crippen LogP contribution is -2.48. The smallest absolute Gasteiger partial charge is 0.243 e. The fraction of sp³-hybridized carbons (Fsp3) is 0.375. The van der Waals surface area contributed by atoms with Gasteiger partial charge in [0.25, 0.3) is 0 Å². The average Bonchev–Trinajstić information content (AvgIpc) is 3.17. The fourth-order valence-corrected chi connectivity index (χ4v) is 6.80. The highest BCUT2D eigenvalue weighted by molar-refractivity contribution is 7.89. The van der Waals surface area contributed by atoms with Crippen LogP contribution in [0.4, 0.5) is 5.69 Å². The van der Waals surface area contributed by atoms with Gasteiger partial charge in [-0.25, -0.2) is 8.42 Å². The van der Waals surface area contributed by atoms with Crippen LogP contribution in [0.5, 0.6) is 0 Å². The second kappa shape index (κ2) is 8.21. The zero-order valence-corrected chi connectivity index (χ0v) is 19.6. The number of fused-ring (bicyclic) bond motifs is 3. The Kier molecular flexibility index (Phi) is 5.51. The lowest BCUT2D eigenvalue weighted by atomic mass is 9.94. The van der Waals surface area contributed by atoms with Crippen LogP contribution in [0, 0.1) is 0 Å². The van der Waals surface area contributed by atoms with E-state index in [1.807, 2.05) is 37.3 Å². The van der Waals surface area contributed by atoms with Crippen LogP contribution in [-0.2, 0) is 22.9 Å². The Morgan fingerprint density at radius 3 is 2.56 bits per heavy atom. The number of hydrogen-bond acceptors (Lipinski definition) is 4. The molecule has 1 saturated heterocycles. The van der Waals surface area contributed by atoms with Gasteiger partial charge in [-0.1, -0.05) is 24.6 Å². The number of carbonyl (C=O) groups excluding carboxylic acids is 1. The average molecular weight is 472 g/mol. The van der Waals surface area contributed by atoms with Crippen LogP contribution in [0.1, 0.15) is 41.4 Å². The van der Waals surface area contributed by atoms with Gasteiger partial charge in [0.1, 0.15) is 0 Å². The maximum Gasteiger partial charge on any atom is 0.243 e. The molecule has 0 amide bonds. The molecule has 1 N–H and O–H groups in total. The minimum absolute atomic E-state index is 0.146. The molecule has 1 aliphatic heterocycles. The SMILES string of the molecule is CCc1cc2c3c([nH]c2cc1S(=O)(=O)N1CCN(c2cccc(Cl)c2)CC1)CCCC3=O. The van der Waals surface area contributed by atoms with Gasteiger partial charge in [0.2, 0.25) is 10.0 Å². The number of aryl methyl sites for hydroxylation is 2. The Morgan fingerprint density at radius 2 is 1.84 bits per heavy atom. The lowest BCUT2D eigenvalue weighted by Gasteiger charge is -2.35. The molecule has 1 fully saturated rings. The third-order valence-corrected chi connectivity index (χ3v) is 8.79. The number of Topliss-reactive ketones (excluding diaryl/α,β-unsaturated/α-hetero) is 1. The molecule has 2 heterocycles. The summed E-state index contributed by atoms with van der Waals surface area (Å²) in [5.41, 5.74) is 4.18. The number of ketones is 1. The molecule has 5 rings (SSSR count). The number of aromatic nitrogens is 1. The molecule has 1 aromatic heterocycles. The molecule has 168 valence electrons. The van der Waals surface area contributed by atoms with Crippen molar-refractivity contribution in [2.24, 2.45) is 0 Å². The zero-order valence-electron chi connectivity index (χ0n) is 18.0. The van der Waals surface area contributed by atoms with Crippen LogP contribution in [0.3, 0.4) is 0 Å². The summed E-state index contributed by atoms with van der Waals surface area (Å²) in [6.45, 7) is 3.99. The van der Waals surface area contributed by atoms with E-state index >= 15 is 0 Å². The summed E-state index contributed by atoms with van der Waals surface area (Å²) < 4.78 is 28.8. The number of nitrogens with one attached hydrogen (secondary N) is 1. The Balaban J connectivity index is 1.46. The Morgan fingerprint density at radius 1 is 1.06 bits per heavy atom. The highest BCUT2D eigenvalue weighted by Gasteiger charge is 2.32. The van der Waals surface area contributed by atoms with Crippen LogP contribution < -0.4 is 4.90 Å². The van der Waals surface area contributed by atoms with Crippen molar-refractivity contribution >= 4 is 44.0 Å². The summed E-state index contributed by atoms with van der Waals surface area (Å²) in [5, 5.41) is 1.52. The third-order valence-electron chi connectivity index (χ3n) is 6.58. The first-order valence-corrected chi connectivity index (χ1v) is 12.9. The molecule has 0 saturated carbocycles. The van der Waals surface area contributed by atoms with Gasteiger partial charge in [-0.3, -0.25) is 4.79 Å². The molecular formula is C24H26ClN3O3S.